The van der Waals surface area contributed by atoms with Crippen LogP contribution in [0.15, 0.2) is 59.5 Å². The molecule has 1 aliphatic heterocycles. The first-order chi connectivity index (χ1) is 15.9. The Morgan fingerprint density at radius 3 is 2.33 bits per heavy atom. The van der Waals surface area contributed by atoms with Gasteiger partial charge in [-0.25, -0.2) is 8.42 Å². The Bertz CT molecular complexity index is 1090. The lowest BCUT2D eigenvalue weighted by atomic mass is 10.2. The predicted octanol–water partition coefficient (Wildman–Crippen LogP) is 3.40. The molecule has 33 heavy (non-hydrogen) atoms. The molecule has 3 rings (SSSR count). The molecule has 0 atom stereocenters. The molecule has 1 heterocycles. The van der Waals surface area contributed by atoms with Gasteiger partial charge in [0.15, 0.2) is 0 Å². The fourth-order valence-electron chi connectivity index (χ4n) is 3.58. The van der Waals surface area contributed by atoms with Crippen LogP contribution in [0.3, 0.4) is 0 Å². The van der Waals surface area contributed by atoms with Crippen molar-refractivity contribution >= 4 is 33.4 Å². The molecule has 0 saturated carbocycles. The SMILES string of the molecule is O=C(/C=C/c1ccc(S(=O)(=O)N2CCCCCC2)cc1)NCCNc1ccccc1[N+](=O)[O-]. The smallest absolute Gasteiger partial charge is 0.292 e. The van der Waals surface area contributed by atoms with Crippen LogP contribution < -0.4 is 10.6 Å². The zero-order valence-electron chi connectivity index (χ0n) is 18.3. The number of carbonyl (C=O) groups is 1. The first kappa shape index (κ1) is 24.4. The van der Waals surface area contributed by atoms with Gasteiger partial charge in [0.2, 0.25) is 15.9 Å². The quantitative estimate of drug-likeness (QED) is 0.250. The third-order valence-electron chi connectivity index (χ3n) is 5.35. The van der Waals surface area contributed by atoms with Crippen LogP contribution >= 0.6 is 0 Å². The molecule has 1 fully saturated rings. The van der Waals surface area contributed by atoms with Gasteiger partial charge in [0.05, 0.1) is 9.82 Å². The number of nitro benzene ring substituents is 1. The second-order valence-corrected chi connectivity index (χ2v) is 9.65. The number of hydrogen-bond donors (Lipinski definition) is 2. The fraction of sp³-hybridized carbons (Fsp3) is 0.348. The Kier molecular flexibility index (Phi) is 8.56. The van der Waals surface area contributed by atoms with Crippen LogP contribution in [0, 0.1) is 10.1 Å². The number of nitro groups is 1. The van der Waals surface area contributed by atoms with E-state index < -0.39 is 14.9 Å². The highest BCUT2D eigenvalue weighted by Gasteiger charge is 2.24. The van der Waals surface area contributed by atoms with E-state index in [1.54, 1.807) is 52.8 Å². The molecule has 2 aromatic carbocycles. The van der Waals surface area contributed by atoms with Gasteiger partial charge in [-0.1, -0.05) is 37.1 Å². The van der Waals surface area contributed by atoms with Crippen molar-refractivity contribution in [1.29, 1.82) is 0 Å². The van der Waals surface area contributed by atoms with Crippen LogP contribution in [-0.4, -0.2) is 49.7 Å². The highest BCUT2D eigenvalue weighted by molar-refractivity contribution is 7.89. The van der Waals surface area contributed by atoms with Crippen LogP contribution in [0.1, 0.15) is 31.2 Å². The standard InChI is InChI=1S/C23H28N4O5S/c28-23(25-16-15-24-21-7-3-4-8-22(21)27(29)30)14-11-19-9-12-20(13-10-19)33(31,32)26-17-5-1-2-6-18-26/h3-4,7-14,24H,1-2,5-6,15-18H2,(H,25,28)/b14-11+. The molecule has 0 unspecified atom stereocenters. The lowest BCUT2D eigenvalue weighted by Crippen LogP contribution is -2.31. The van der Waals surface area contributed by atoms with Gasteiger partial charge in [-0.2, -0.15) is 4.31 Å². The Morgan fingerprint density at radius 1 is 1.00 bits per heavy atom. The van der Waals surface area contributed by atoms with E-state index in [2.05, 4.69) is 10.6 Å². The van der Waals surface area contributed by atoms with Gasteiger partial charge in [-0.05, 0) is 42.7 Å². The van der Waals surface area contributed by atoms with Crippen molar-refractivity contribution in [1.82, 2.24) is 9.62 Å². The van der Waals surface area contributed by atoms with Crippen LogP contribution in [-0.2, 0) is 14.8 Å². The van der Waals surface area contributed by atoms with E-state index in [-0.39, 0.29) is 23.0 Å². The van der Waals surface area contributed by atoms with Crippen molar-refractivity contribution in [3.05, 3.63) is 70.3 Å². The molecule has 10 heteroatoms. The Morgan fingerprint density at radius 2 is 1.67 bits per heavy atom. The summed E-state index contributed by atoms with van der Waals surface area (Å²) in [5.41, 5.74) is 1.07. The van der Waals surface area contributed by atoms with Gasteiger partial charge >= 0.3 is 0 Å². The van der Waals surface area contributed by atoms with Crippen LogP contribution in [0.2, 0.25) is 0 Å². The van der Waals surface area contributed by atoms with Gasteiger partial charge in [0.25, 0.3) is 5.69 Å². The van der Waals surface area contributed by atoms with Gasteiger partial charge in [0.1, 0.15) is 5.69 Å². The predicted molar refractivity (Wildman–Crippen MR) is 127 cm³/mol. The van der Waals surface area contributed by atoms with E-state index in [4.69, 9.17) is 0 Å². The van der Waals surface area contributed by atoms with E-state index in [1.165, 1.54) is 12.1 Å². The van der Waals surface area contributed by atoms with E-state index >= 15 is 0 Å². The summed E-state index contributed by atoms with van der Waals surface area (Å²) in [6.07, 6.45) is 6.84. The first-order valence-electron chi connectivity index (χ1n) is 10.9. The summed E-state index contributed by atoms with van der Waals surface area (Å²) in [5, 5.41) is 16.6. The number of nitrogens with one attached hydrogen (secondary N) is 2. The van der Waals surface area contributed by atoms with E-state index in [9.17, 15) is 23.3 Å². The zero-order chi connectivity index (χ0) is 23.7. The minimum absolute atomic E-state index is 0.0231. The lowest BCUT2D eigenvalue weighted by Gasteiger charge is -2.19. The summed E-state index contributed by atoms with van der Waals surface area (Å²) in [4.78, 5) is 22.8. The summed E-state index contributed by atoms with van der Waals surface area (Å²) < 4.78 is 27.2. The first-order valence-corrected chi connectivity index (χ1v) is 12.4. The molecule has 1 saturated heterocycles. The molecule has 0 spiro atoms. The van der Waals surface area contributed by atoms with Gasteiger partial charge in [-0.15, -0.1) is 0 Å². The van der Waals surface area contributed by atoms with Gasteiger partial charge in [-0.3, -0.25) is 14.9 Å². The molecular formula is C23H28N4O5S. The number of sulfonamides is 1. The van der Waals surface area contributed by atoms with Gasteiger partial charge < -0.3 is 10.6 Å². The van der Waals surface area contributed by atoms with Crippen LogP contribution in [0.25, 0.3) is 6.08 Å². The number of amides is 1. The van der Waals surface area contributed by atoms with Crippen LogP contribution in [0.5, 0.6) is 0 Å². The maximum absolute atomic E-state index is 12.8. The number of carbonyl (C=O) groups excluding carboxylic acids is 1. The average Bonchev–Trinajstić information content (AvgIpc) is 3.11. The Balaban J connectivity index is 1.48. The van der Waals surface area contributed by atoms with Crippen LogP contribution in [0.4, 0.5) is 11.4 Å². The second-order valence-electron chi connectivity index (χ2n) is 7.71. The topological polar surface area (TPSA) is 122 Å². The molecule has 0 aromatic heterocycles. The number of nitrogens with zero attached hydrogens (tertiary/aromatic N) is 2. The van der Waals surface area contributed by atoms with Crippen molar-refractivity contribution in [2.45, 2.75) is 30.6 Å². The molecule has 2 N–H and O–H groups in total. The number of para-hydroxylation sites is 2. The second kappa shape index (κ2) is 11.6. The number of benzene rings is 2. The van der Waals surface area contributed by atoms with Crippen molar-refractivity contribution in [3.63, 3.8) is 0 Å². The summed E-state index contributed by atoms with van der Waals surface area (Å²) in [5.74, 6) is -0.319. The molecular weight excluding hydrogens is 444 g/mol. The zero-order valence-corrected chi connectivity index (χ0v) is 19.1. The Hall–Kier alpha value is -3.24. The Labute approximate surface area is 193 Å². The molecule has 0 radical (unpaired) electrons. The highest BCUT2D eigenvalue weighted by Crippen LogP contribution is 2.23. The average molecular weight is 473 g/mol. The molecule has 2 aromatic rings. The normalized spacial score (nSPS) is 15.2. The summed E-state index contributed by atoms with van der Waals surface area (Å²) >= 11 is 0. The minimum atomic E-state index is -3.50. The largest absolute Gasteiger partial charge is 0.378 e. The van der Waals surface area contributed by atoms with E-state index in [0.717, 1.165) is 25.7 Å². The van der Waals surface area contributed by atoms with Gasteiger partial charge in [0, 0.05) is 38.3 Å². The van der Waals surface area contributed by atoms with E-state index in [1.807, 2.05) is 0 Å². The van der Waals surface area contributed by atoms with Crippen molar-refractivity contribution in [3.8, 4) is 0 Å². The molecule has 9 nitrogen and oxygen atoms in total. The molecule has 0 bridgehead atoms. The van der Waals surface area contributed by atoms with Crippen molar-refractivity contribution in [2.75, 3.05) is 31.5 Å². The monoisotopic (exact) mass is 472 g/mol. The molecule has 176 valence electrons. The molecule has 0 aliphatic carbocycles. The molecule has 1 aliphatic rings. The third kappa shape index (κ3) is 6.87. The summed E-state index contributed by atoms with van der Waals surface area (Å²) in [6, 6.07) is 12.8. The van der Waals surface area contributed by atoms with Crippen molar-refractivity contribution in [2.24, 2.45) is 0 Å². The number of rotatable bonds is 9. The lowest BCUT2D eigenvalue weighted by molar-refractivity contribution is -0.384. The fourth-order valence-corrected chi connectivity index (χ4v) is 5.10. The highest BCUT2D eigenvalue weighted by atomic mass is 32.2. The molecule has 1 amide bonds. The van der Waals surface area contributed by atoms with Crippen molar-refractivity contribution < 1.29 is 18.1 Å². The summed E-state index contributed by atoms with van der Waals surface area (Å²) in [6.45, 7) is 1.71. The summed E-state index contributed by atoms with van der Waals surface area (Å²) in [7, 11) is -3.50. The maximum Gasteiger partial charge on any atom is 0.292 e. The van der Waals surface area contributed by atoms with E-state index in [0.29, 0.717) is 30.9 Å². The number of anilines is 1. The third-order valence-corrected chi connectivity index (χ3v) is 7.26. The maximum atomic E-state index is 12.8. The minimum Gasteiger partial charge on any atom is -0.378 e. The number of hydrogen-bond acceptors (Lipinski definition) is 6.